The van der Waals surface area contributed by atoms with Crippen molar-refractivity contribution in [2.45, 2.75) is 26.7 Å². The van der Waals surface area contributed by atoms with Crippen molar-refractivity contribution in [1.82, 2.24) is 5.32 Å². The molecule has 0 heterocycles. The van der Waals surface area contributed by atoms with Crippen LogP contribution in [0.15, 0.2) is 23.8 Å². The first kappa shape index (κ1) is 10.0. The van der Waals surface area contributed by atoms with E-state index in [1.165, 1.54) is 0 Å². The van der Waals surface area contributed by atoms with Crippen LogP contribution in [0.5, 0.6) is 0 Å². The third kappa shape index (κ3) is 3.05. The van der Waals surface area contributed by atoms with Crippen LogP contribution < -0.4 is 5.32 Å². The molecule has 0 bridgehead atoms. The number of hydrogen-bond donors (Lipinski definition) is 1. The summed E-state index contributed by atoms with van der Waals surface area (Å²) in [4.78, 5) is 11.4. The molecular weight excluding hydrogens is 162 g/mol. The van der Waals surface area contributed by atoms with Gasteiger partial charge in [0.1, 0.15) is 0 Å². The van der Waals surface area contributed by atoms with Crippen molar-refractivity contribution in [2.24, 2.45) is 5.92 Å². The summed E-state index contributed by atoms with van der Waals surface area (Å²) in [5.74, 6) is 0.632. The first-order chi connectivity index (χ1) is 6.24. The van der Waals surface area contributed by atoms with Crippen molar-refractivity contribution in [3.8, 4) is 0 Å². The predicted octanol–water partition coefficient (Wildman–Crippen LogP) is 2.04. The third-order valence-electron chi connectivity index (χ3n) is 2.11. The topological polar surface area (TPSA) is 29.1 Å². The van der Waals surface area contributed by atoms with E-state index in [9.17, 15) is 4.79 Å². The minimum Gasteiger partial charge on any atom is -0.352 e. The summed E-state index contributed by atoms with van der Waals surface area (Å²) in [6, 6.07) is 0. The summed E-state index contributed by atoms with van der Waals surface area (Å²) in [7, 11) is 0. The van der Waals surface area contributed by atoms with Crippen LogP contribution in [0.3, 0.4) is 0 Å². The van der Waals surface area contributed by atoms with E-state index in [1.54, 1.807) is 0 Å². The quantitative estimate of drug-likeness (QED) is 0.705. The molecule has 0 radical (unpaired) electrons. The van der Waals surface area contributed by atoms with Crippen molar-refractivity contribution >= 4 is 5.91 Å². The van der Waals surface area contributed by atoms with E-state index in [0.717, 1.165) is 25.0 Å². The van der Waals surface area contributed by atoms with E-state index in [1.807, 2.05) is 19.1 Å². The molecular formula is C11H17NO. The zero-order valence-corrected chi connectivity index (χ0v) is 8.34. The van der Waals surface area contributed by atoms with E-state index in [4.69, 9.17) is 0 Å². The van der Waals surface area contributed by atoms with E-state index < -0.39 is 0 Å². The van der Waals surface area contributed by atoms with Crippen molar-refractivity contribution < 1.29 is 4.79 Å². The Morgan fingerprint density at radius 3 is 3.00 bits per heavy atom. The van der Waals surface area contributed by atoms with Gasteiger partial charge in [0.15, 0.2) is 0 Å². The van der Waals surface area contributed by atoms with E-state index in [0.29, 0.717) is 5.92 Å². The second-order valence-corrected chi connectivity index (χ2v) is 3.49. The van der Waals surface area contributed by atoms with Crippen LogP contribution >= 0.6 is 0 Å². The third-order valence-corrected chi connectivity index (χ3v) is 2.11. The minimum absolute atomic E-state index is 0.0602. The first-order valence-corrected chi connectivity index (χ1v) is 4.90. The number of nitrogens with one attached hydrogen (secondary N) is 1. The van der Waals surface area contributed by atoms with Gasteiger partial charge in [-0.25, -0.2) is 0 Å². The van der Waals surface area contributed by atoms with Crippen LogP contribution in [0.2, 0.25) is 0 Å². The van der Waals surface area contributed by atoms with Gasteiger partial charge in [0.2, 0.25) is 0 Å². The van der Waals surface area contributed by atoms with E-state index in [-0.39, 0.29) is 5.91 Å². The normalized spacial score (nSPS) is 21.1. The zero-order chi connectivity index (χ0) is 9.68. The highest BCUT2D eigenvalue weighted by Crippen LogP contribution is 2.15. The fraction of sp³-hybridized carbons (Fsp3) is 0.545. The van der Waals surface area contributed by atoms with Gasteiger partial charge in [-0.2, -0.15) is 0 Å². The highest BCUT2D eigenvalue weighted by molar-refractivity contribution is 5.96. The average molecular weight is 179 g/mol. The molecule has 1 aliphatic rings. The fourth-order valence-electron chi connectivity index (χ4n) is 1.24. The van der Waals surface area contributed by atoms with E-state index in [2.05, 4.69) is 18.3 Å². The molecule has 72 valence electrons. The Hall–Kier alpha value is -1.05. The van der Waals surface area contributed by atoms with Gasteiger partial charge in [0.25, 0.3) is 5.91 Å². The standard InChI is InChI=1S/C11H17NO/c1-3-8-12-11(13)10-6-4-9(2)5-7-10/h4,6-7,9H,3,5,8H2,1-2H3,(H,12,13). The monoisotopic (exact) mass is 179 g/mol. The molecule has 0 fully saturated rings. The maximum atomic E-state index is 11.4. The Kier molecular flexibility index (Phi) is 3.74. The van der Waals surface area contributed by atoms with Crippen LogP contribution in [0.1, 0.15) is 26.7 Å². The average Bonchev–Trinajstić information content (AvgIpc) is 2.15. The summed E-state index contributed by atoms with van der Waals surface area (Å²) in [6.07, 6.45) is 7.97. The van der Waals surface area contributed by atoms with Gasteiger partial charge < -0.3 is 5.32 Å². The lowest BCUT2D eigenvalue weighted by atomic mass is 9.98. The number of carbonyl (C=O) groups is 1. The molecule has 1 unspecified atom stereocenters. The molecule has 0 aromatic carbocycles. The predicted molar refractivity (Wildman–Crippen MR) is 54.3 cm³/mol. The van der Waals surface area contributed by atoms with Crippen LogP contribution in [0, 0.1) is 5.92 Å². The van der Waals surface area contributed by atoms with Gasteiger partial charge in [-0.3, -0.25) is 4.79 Å². The molecule has 1 N–H and O–H groups in total. The molecule has 0 aliphatic heterocycles. The maximum Gasteiger partial charge on any atom is 0.250 e. The number of allylic oxidation sites excluding steroid dienone is 2. The van der Waals surface area contributed by atoms with Gasteiger partial charge in [0, 0.05) is 12.1 Å². The van der Waals surface area contributed by atoms with Gasteiger partial charge in [0.05, 0.1) is 0 Å². The molecule has 1 atom stereocenters. The number of amides is 1. The summed E-state index contributed by atoms with van der Waals surface area (Å²) in [5, 5.41) is 2.86. The molecule has 13 heavy (non-hydrogen) atoms. The van der Waals surface area contributed by atoms with Gasteiger partial charge >= 0.3 is 0 Å². The molecule has 0 spiro atoms. The lowest BCUT2D eigenvalue weighted by Crippen LogP contribution is -2.25. The van der Waals surface area contributed by atoms with Crippen LogP contribution in [0.25, 0.3) is 0 Å². The molecule has 0 aromatic heterocycles. The maximum absolute atomic E-state index is 11.4. The Labute approximate surface area is 79.7 Å². The van der Waals surface area contributed by atoms with Crippen LogP contribution in [-0.2, 0) is 4.79 Å². The zero-order valence-electron chi connectivity index (χ0n) is 8.34. The number of carbonyl (C=O) groups excluding carboxylic acids is 1. The van der Waals surface area contributed by atoms with Crippen LogP contribution in [-0.4, -0.2) is 12.5 Å². The number of rotatable bonds is 3. The highest BCUT2D eigenvalue weighted by atomic mass is 16.1. The Morgan fingerprint density at radius 1 is 1.69 bits per heavy atom. The lowest BCUT2D eigenvalue weighted by Gasteiger charge is -2.11. The van der Waals surface area contributed by atoms with E-state index >= 15 is 0 Å². The summed E-state index contributed by atoms with van der Waals surface area (Å²) in [6.45, 7) is 4.96. The smallest absolute Gasteiger partial charge is 0.250 e. The molecule has 1 aliphatic carbocycles. The fourth-order valence-corrected chi connectivity index (χ4v) is 1.24. The molecule has 0 saturated heterocycles. The molecule has 0 aromatic rings. The summed E-state index contributed by atoms with van der Waals surface area (Å²) >= 11 is 0. The van der Waals surface area contributed by atoms with Crippen molar-refractivity contribution in [1.29, 1.82) is 0 Å². The van der Waals surface area contributed by atoms with Crippen molar-refractivity contribution in [2.75, 3.05) is 6.54 Å². The van der Waals surface area contributed by atoms with Crippen molar-refractivity contribution in [3.63, 3.8) is 0 Å². The largest absolute Gasteiger partial charge is 0.352 e. The van der Waals surface area contributed by atoms with Gasteiger partial charge in [-0.15, -0.1) is 0 Å². The van der Waals surface area contributed by atoms with Crippen LogP contribution in [0.4, 0.5) is 0 Å². The molecule has 1 amide bonds. The Morgan fingerprint density at radius 2 is 2.46 bits per heavy atom. The lowest BCUT2D eigenvalue weighted by molar-refractivity contribution is -0.117. The van der Waals surface area contributed by atoms with Crippen molar-refractivity contribution in [3.05, 3.63) is 23.8 Å². The second kappa shape index (κ2) is 4.85. The molecule has 0 saturated carbocycles. The second-order valence-electron chi connectivity index (χ2n) is 3.49. The van der Waals surface area contributed by atoms with Gasteiger partial charge in [-0.05, 0) is 18.8 Å². The Bertz CT molecular complexity index is 240. The minimum atomic E-state index is 0.0602. The molecule has 2 heteroatoms. The SMILES string of the molecule is CCCNC(=O)C1=CCC(C)C=C1. The molecule has 1 rings (SSSR count). The highest BCUT2D eigenvalue weighted by Gasteiger charge is 2.09. The Balaban J connectivity index is 2.44. The summed E-state index contributed by atoms with van der Waals surface area (Å²) < 4.78 is 0. The molecule has 2 nitrogen and oxygen atoms in total. The first-order valence-electron chi connectivity index (χ1n) is 4.90. The van der Waals surface area contributed by atoms with Gasteiger partial charge in [-0.1, -0.05) is 32.1 Å². The number of hydrogen-bond acceptors (Lipinski definition) is 1. The summed E-state index contributed by atoms with van der Waals surface area (Å²) in [5.41, 5.74) is 0.812.